The molecule has 0 atom stereocenters. The lowest BCUT2D eigenvalue weighted by molar-refractivity contribution is 0.0729. The monoisotopic (exact) mass is 412 g/mol. The van der Waals surface area contributed by atoms with Crippen molar-refractivity contribution >= 4 is 29.7 Å². The van der Waals surface area contributed by atoms with Crippen LogP contribution in [0.3, 0.4) is 0 Å². The van der Waals surface area contributed by atoms with Crippen molar-refractivity contribution in [3.05, 3.63) is 80.7 Å². The Kier molecular flexibility index (Phi) is 6.25. The van der Waals surface area contributed by atoms with Gasteiger partial charge in [0.25, 0.3) is 5.56 Å². The summed E-state index contributed by atoms with van der Waals surface area (Å²) >= 11 is 5.83. The summed E-state index contributed by atoms with van der Waals surface area (Å²) in [5.74, 6) is 0.324. The summed E-state index contributed by atoms with van der Waals surface area (Å²) in [6.07, 6.45) is 1.51. The van der Waals surface area contributed by atoms with E-state index in [1.165, 1.54) is 19.4 Å². The predicted molar refractivity (Wildman–Crippen MR) is 110 cm³/mol. The van der Waals surface area contributed by atoms with Gasteiger partial charge >= 0.3 is 5.97 Å². The number of anilines is 1. The number of hydrazone groups is 1. The van der Waals surface area contributed by atoms with Gasteiger partial charge < -0.3 is 9.47 Å². The fraction of sp³-hybridized carbons (Fsp3) is 0.100. The molecule has 0 saturated carbocycles. The van der Waals surface area contributed by atoms with Crippen LogP contribution in [0.5, 0.6) is 11.5 Å². The minimum absolute atomic E-state index is 0.228. The van der Waals surface area contributed by atoms with Gasteiger partial charge in [-0.1, -0.05) is 11.6 Å². The molecule has 0 radical (unpaired) electrons. The van der Waals surface area contributed by atoms with E-state index in [1.807, 2.05) is 0 Å². The molecule has 1 heterocycles. The number of ether oxygens (including phenoxy) is 2. The third-order valence-corrected chi connectivity index (χ3v) is 3.98. The normalized spacial score (nSPS) is 10.7. The van der Waals surface area contributed by atoms with E-state index in [0.717, 1.165) is 0 Å². The molecule has 0 spiro atoms. The van der Waals surface area contributed by atoms with Crippen LogP contribution in [0.4, 0.5) is 5.95 Å². The van der Waals surface area contributed by atoms with Gasteiger partial charge in [0.05, 0.1) is 18.9 Å². The first kappa shape index (κ1) is 20.1. The van der Waals surface area contributed by atoms with E-state index >= 15 is 0 Å². The van der Waals surface area contributed by atoms with Gasteiger partial charge in [-0.15, -0.1) is 0 Å². The summed E-state index contributed by atoms with van der Waals surface area (Å²) in [6, 6.07) is 12.7. The highest BCUT2D eigenvalue weighted by Crippen LogP contribution is 2.28. The largest absolute Gasteiger partial charge is 0.493 e. The molecule has 0 aliphatic rings. The lowest BCUT2D eigenvalue weighted by atomic mass is 10.2. The Morgan fingerprint density at radius 2 is 1.93 bits per heavy atom. The summed E-state index contributed by atoms with van der Waals surface area (Å²) in [7, 11) is 1.47. The van der Waals surface area contributed by atoms with Crippen molar-refractivity contribution in [2.24, 2.45) is 5.10 Å². The van der Waals surface area contributed by atoms with E-state index in [-0.39, 0.29) is 17.3 Å². The average Bonchev–Trinajstić information content (AvgIpc) is 2.68. The number of carbonyl (C=O) groups is 1. The first-order valence-corrected chi connectivity index (χ1v) is 8.85. The number of nitrogens with one attached hydrogen (secondary N) is 2. The highest BCUT2D eigenvalue weighted by molar-refractivity contribution is 6.30. The maximum atomic E-state index is 12.3. The van der Waals surface area contributed by atoms with E-state index in [2.05, 4.69) is 20.5 Å². The molecule has 0 saturated heterocycles. The van der Waals surface area contributed by atoms with Crippen LogP contribution in [0.1, 0.15) is 21.6 Å². The smallest absolute Gasteiger partial charge is 0.343 e. The number of rotatable bonds is 6. The second-order valence-corrected chi connectivity index (χ2v) is 6.35. The first-order chi connectivity index (χ1) is 13.9. The van der Waals surface area contributed by atoms with E-state index < -0.39 is 5.97 Å². The number of nitrogens with zero attached hydrogens (tertiary/aromatic N) is 2. The number of H-pyrrole nitrogens is 1. The molecule has 9 heteroatoms. The van der Waals surface area contributed by atoms with Gasteiger partial charge in [0.2, 0.25) is 5.95 Å². The third kappa shape index (κ3) is 5.43. The second-order valence-electron chi connectivity index (χ2n) is 5.91. The van der Waals surface area contributed by atoms with Gasteiger partial charge in [-0.05, 0) is 55.0 Å². The van der Waals surface area contributed by atoms with Crippen LogP contribution >= 0.6 is 11.6 Å². The Morgan fingerprint density at radius 1 is 1.17 bits per heavy atom. The van der Waals surface area contributed by atoms with Crippen LogP contribution in [0.2, 0.25) is 5.02 Å². The SMILES string of the molecule is COc1cc(C=NNc2nc(C)cc(=O)[nH]2)ccc1OC(=O)c1ccc(Cl)cc1. The van der Waals surface area contributed by atoms with Crippen molar-refractivity contribution in [2.75, 3.05) is 12.5 Å². The first-order valence-electron chi connectivity index (χ1n) is 8.47. The van der Waals surface area contributed by atoms with Gasteiger partial charge in [0, 0.05) is 16.8 Å². The molecular formula is C20H17ClN4O4. The highest BCUT2D eigenvalue weighted by atomic mass is 35.5. The quantitative estimate of drug-likeness (QED) is 0.278. The number of aromatic amines is 1. The van der Waals surface area contributed by atoms with Gasteiger partial charge in [-0.25, -0.2) is 15.2 Å². The van der Waals surface area contributed by atoms with Crippen LogP contribution < -0.4 is 20.5 Å². The second kappa shape index (κ2) is 9.03. The molecule has 29 heavy (non-hydrogen) atoms. The average molecular weight is 413 g/mol. The molecule has 3 aromatic rings. The zero-order chi connectivity index (χ0) is 20.8. The minimum atomic E-state index is -0.530. The van der Waals surface area contributed by atoms with Crippen molar-refractivity contribution in [3.63, 3.8) is 0 Å². The van der Waals surface area contributed by atoms with E-state index in [4.69, 9.17) is 21.1 Å². The number of aromatic nitrogens is 2. The molecule has 2 aromatic carbocycles. The Morgan fingerprint density at radius 3 is 2.62 bits per heavy atom. The number of hydrogen-bond acceptors (Lipinski definition) is 7. The molecular weight excluding hydrogens is 396 g/mol. The fourth-order valence-corrected chi connectivity index (χ4v) is 2.52. The zero-order valence-electron chi connectivity index (χ0n) is 15.6. The van der Waals surface area contributed by atoms with Crippen LogP contribution in [-0.2, 0) is 0 Å². The van der Waals surface area contributed by atoms with Crippen molar-refractivity contribution in [3.8, 4) is 11.5 Å². The molecule has 8 nitrogen and oxygen atoms in total. The molecule has 3 rings (SSSR count). The molecule has 2 N–H and O–H groups in total. The summed E-state index contributed by atoms with van der Waals surface area (Å²) in [4.78, 5) is 30.3. The molecule has 0 bridgehead atoms. The number of benzene rings is 2. The van der Waals surface area contributed by atoms with Crippen LogP contribution in [0, 0.1) is 6.92 Å². The molecule has 0 fully saturated rings. The summed E-state index contributed by atoms with van der Waals surface area (Å²) in [6.45, 7) is 1.71. The number of methoxy groups -OCH3 is 1. The molecule has 148 valence electrons. The maximum Gasteiger partial charge on any atom is 0.343 e. The zero-order valence-corrected chi connectivity index (χ0v) is 16.4. The number of hydrogen-bond donors (Lipinski definition) is 2. The maximum absolute atomic E-state index is 12.3. The van der Waals surface area contributed by atoms with Crippen molar-refractivity contribution in [1.82, 2.24) is 9.97 Å². The van der Waals surface area contributed by atoms with Crippen LogP contribution in [0.15, 0.2) is 58.4 Å². The Hall–Kier alpha value is -3.65. The van der Waals surface area contributed by atoms with E-state index in [9.17, 15) is 9.59 Å². The molecule has 1 aromatic heterocycles. The molecule has 0 aliphatic heterocycles. The van der Waals surface area contributed by atoms with Gasteiger partial charge in [0.15, 0.2) is 11.5 Å². The molecule has 0 aliphatic carbocycles. The topological polar surface area (TPSA) is 106 Å². The van der Waals surface area contributed by atoms with Gasteiger partial charge in [-0.2, -0.15) is 5.10 Å². The lowest BCUT2D eigenvalue weighted by Crippen LogP contribution is -2.10. The minimum Gasteiger partial charge on any atom is -0.493 e. The van der Waals surface area contributed by atoms with Gasteiger partial charge in [0.1, 0.15) is 0 Å². The summed E-state index contributed by atoms with van der Waals surface area (Å²) < 4.78 is 10.7. The Labute approximate surface area is 171 Å². The summed E-state index contributed by atoms with van der Waals surface area (Å²) in [5.41, 5.74) is 3.99. The number of halogens is 1. The Bertz CT molecular complexity index is 1110. The van der Waals surface area contributed by atoms with E-state index in [1.54, 1.807) is 49.4 Å². The fourth-order valence-electron chi connectivity index (χ4n) is 2.39. The third-order valence-electron chi connectivity index (χ3n) is 3.72. The van der Waals surface area contributed by atoms with Crippen LogP contribution in [-0.4, -0.2) is 29.3 Å². The van der Waals surface area contributed by atoms with Crippen molar-refractivity contribution in [2.45, 2.75) is 6.92 Å². The predicted octanol–water partition coefficient (Wildman–Crippen LogP) is 3.41. The number of esters is 1. The van der Waals surface area contributed by atoms with Crippen molar-refractivity contribution < 1.29 is 14.3 Å². The molecule has 0 amide bonds. The Balaban J connectivity index is 1.71. The number of aryl methyl sites for hydroxylation is 1. The lowest BCUT2D eigenvalue weighted by Gasteiger charge is -2.10. The van der Waals surface area contributed by atoms with Crippen LogP contribution in [0.25, 0.3) is 0 Å². The highest BCUT2D eigenvalue weighted by Gasteiger charge is 2.12. The van der Waals surface area contributed by atoms with Crippen molar-refractivity contribution in [1.29, 1.82) is 0 Å². The summed E-state index contributed by atoms with van der Waals surface area (Å²) in [5, 5.41) is 4.56. The van der Waals surface area contributed by atoms with Gasteiger partial charge in [-0.3, -0.25) is 9.78 Å². The molecule has 0 unspecified atom stereocenters. The number of carbonyl (C=O) groups excluding carboxylic acids is 1. The standard InChI is InChI=1S/C20H17ClN4O4/c1-12-9-18(26)24-20(23-12)25-22-11-13-3-8-16(17(10-13)28-2)29-19(27)14-4-6-15(21)7-5-14/h3-11H,1-2H3,(H2,23,24,25,26). The van der Waals surface area contributed by atoms with E-state index in [0.29, 0.717) is 27.6 Å².